The molecule has 2 aromatic rings. The molecule has 0 saturated heterocycles. The van der Waals surface area contributed by atoms with Crippen LogP contribution in [0.3, 0.4) is 0 Å². The van der Waals surface area contributed by atoms with Gasteiger partial charge in [0.15, 0.2) is 11.5 Å². The number of aryl methyl sites for hydroxylation is 1. The summed E-state index contributed by atoms with van der Waals surface area (Å²) in [7, 11) is 1.59. The molecule has 7 nitrogen and oxygen atoms in total. The number of hydrogen-bond acceptors (Lipinski definition) is 5. The molecule has 0 spiro atoms. The van der Waals surface area contributed by atoms with Crippen LogP contribution in [0.25, 0.3) is 0 Å². The van der Waals surface area contributed by atoms with Crippen LogP contribution in [0.2, 0.25) is 0 Å². The Labute approximate surface area is 170 Å². The lowest BCUT2D eigenvalue weighted by Crippen LogP contribution is -2.32. The molecule has 2 amide bonds. The molecule has 0 bridgehead atoms. The second kappa shape index (κ2) is 9.91. The first-order chi connectivity index (χ1) is 14.0. The van der Waals surface area contributed by atoms with Crippen LogP contribution in [0, 0.1) is 12.8 Å². The van der Waals surface area contributed by atoms with E-state index in [1.54, 1.807) is 19.2 Å². The van der Waals surface area contributed by atoms with Gasteiger partial charge in [0.05, 0.1) is 19.0 Å². The van der Waals surface area contributed by atoms with Crippen LogP contribution >= 0.6 is 0 Å². The van der Waals surface area contributed by atoms with Crippen LogP contribution in [-0.2, 0) is 9.59 Å². The Morgan fingerprint density at radius 1 is 1.14 bits per heavy atom. The topological polar surface area (TPSA) is 89.5 Å². The molecule has 29 heavy (non-hydrogen) atoms. The number of amides is 2. The minimum absolute atomic E-state index is 0.0602. The smallest absolute Gasteiger partial charge is 0.226 e. The van der Waals surface area contributed by atoms with Crippen LogP contribution in [0.1, 0.15) is 37.7 Å². The van der Waals surface area contributed by atoms with Crippen LogP contribution in [-0.4, -0.2) is 30.5 Å². The van der Waals surface area contributed by atoms with Crippen LogP contribution in [0.4, 0.5) is 5.69 Å². The molecule has 1 aromatic carbocycles. The third kappa shape index (κ3) is 5.94. The van der Waals surface area contributed by atoms with Crippen molar-refractivity contribution < 1.29 is 19.1 Å². The number of carbonyl (C=O) groups excluding carboxylic acids is 2. The average Bonchev–Trinajstić information content (AvgIpc) is 3.25. The Kier molecular flexibility index (Phi) is 7.05. The number of benzene rings is 1. The largest absolute Gasteiger partial charge is 0.493 e. The maximum absolute atomic E-state index is 12.1. The highest BCUT2D eigenvalue weighted by atomic mass is 16.5. The van der Waals surface area contributed by atoms with Crippen molar-refractivity contribution in [2.75, 3.05) is 19.0 Å². The summed E-state index contributed by atoms with van der Waals surface area (Å²) in [5.74, 6) is 1.59. The van der Waals surface area contributed by atoms with Gasteiger partial charge < -0.3 is 20.1 Å². The number of methoxy groups -OCH3 is 1. The number of aromatic nitrogens is 1. The highest BCUT2D eigenvalue weighted by Crippen LogP contribution is 2.31. The number of anilines is 1. The van der Waals surface area contributed by atoms with Gasteiger partial charge in [-0.3, -0.25) is 9.59 Å². The number of nitrogens with zero attached hydrogens (tertiary/aromatic N) is 1. The molecule has 1 aliphatic carbocycles. The van der Waals surface area contributed by atoms with Gasteiger partial charge in [0.25, 0.3) is 0 Å². The molecule has 0 aliphatic heterocycles. The number of pyridine rings is 1. The highest BCUT2D eigenvalue weighted by Gasteiger charge is 2.22. The molecular weight excluding hydrogens is 370 g/mol. The number of nitrogens with one attached hydrogen (secondary N) is 2. The minimum Gasteiger partial charge on any atom is -0.493 e. The molecule has 1 saturated carbocycles. The molecular formula is C22H27N3O4. The van der Waals surface area contributed by atoms with Crippen molar-refractivity contribution in [1.29, 1.82) is 0 Å². The first-order valence-electron chi connectivity index (χ1n) is 9.91. The van der Waals surface area contributed by atoms with E-state index >= 15 is 0 Å². The molecule has 0 radical (unpaired) electrons. The molecule has 1 aliphatic rings. The molecule has 1 aromatic heterocycles. The van der Waals surface area contributed by atoms with Crippen molar-refractivity contribution in [2.24, 2.45) is 5.92 Å². The molecule has 1 heterocycles. The van der Waals surface area contributed by atoms with Gasteiger partial charge in [-0.25, -0.2) is 4.98 Å². The van der Waals surface area contributed by atoms with Gasteiger partial charge in [0.1, 0.15) is 0 Å². The zero-order valence-electron chi connectivity index (χ0n) is 16.9. The molecule has 1 fully saturated rings. The Morgan fingerprint density at radius 2 is 1.93 bits per heavy atom. The summed E-state index contributed by atoms with van der Waals surface area (Å²) in [5.41, 5.74) is 1.64. The van der Waals surface area contributed by atoms with E-state index < -0.39 is 0 Å². The molecule has 0 unspecified atom stereocenters. The Balaban J connectivity index is 1.46. The first-order valence-corrected chi connectivity index (χ1v) is 9.91. The predicted octanol–water partition coefficient (Wildman–Crippen LogP) is 3.83. The van der Waals surface area contributed by atoms with E-state index in [0.29, 0.717) is 29.6 Å². The normalized spacial score (nSPS) is 13.7. The lowest BCUT2D eigenvalue weighted by molar-refractivity contribution is -0.124. The molecule has 3 rings (SSSR count). The maximum Gasteiger partial charge on any atom is 0.226 e. The summed E-state index contributed by atoms with van der Waals surface area (Å²) >= 11 is 0. The SMILES string of the molecule is COc1cc(C)ccc1Oc1ccc(NC(=O)CCNC(=O)C2CCCC2)cn1. The van der Waals surface area contributed by atoms with Crippen LogP contribution in [0.5, 0.6) is 17.4 Å². The lowest BCUT2D eigenvalue weighted by Gasteiger charge is -2.11. The molecule has 0 atom stereocenters. The van der Waals surface area contributed by atoms with E-state index in [4.69, 9.17) is 9.47 Å². The third-order valence-electron chi connectivity index (χ3n) is 4.93. The summed E-state index contributed by atoms with van der Waals surface area (Å²) in [6.07, 6.45) is 5.88. The zero-order chi connectivity index (χ0) is 20.6. The summed E-state index contributed by atoms with van der Waals surface area (Å²) in [4.78, 5) is 28.3. The number of ether oxygens (including phenoxy) is 2. The summed E-state index contributed by atoms with van der Waals surface area (Å²) in [5, 5.41) is 5.62. The van der Waals surface area contributed by atoms with E-state index in [2.05, 4.69) is 15.6 Å². The quantitative estimate of drug-likeness (QED) is 0.707. The van der Waals surface area contributed by atoms with Crippen molar-refractivity contribution in [1.82, 2.24) is 10.3 Å². The van der Waals surface area contributed by atoms with Gasteiger partial charge >= 0.3 is 0 Å². The standard InChI is InChI=1S/C22H27N3O4/c1-15-7-9-18(19(13-15)28-2)29-21-10-8-17(14-24-21)25-20(26)11-12-23-22(27)16-5-3-4-6-16/h7-10,13-14,16H,3-6,11-12H2,1-2H3,(H,23,27)(H,25,26). The van der Waals surface area contributed by atoms with E-state index in [0.717, 1.165) is 31.2 Å². The summed E-state index contributed by atoms with van der Waals surface area (Å²) in [6, 6.07) is 9.04. The van der Waals surface area contributed by atoms with E-state index in [1.165, 1.54) is 6.20 Å². The Hall–Kier alpha value is -3.09. The monoisotopic (exact) mass is 397 g/mol. The maximum atomic E-state index is 12.1. The fourth-order valence-electron chi connectivity index (χ4n) is 3.34. The van der Waals surface area contributed by atoms with E-state index in [-0.39, 0.29) is 24.2 Å². The number of rotatable bonds is 8. The van der Waals surface area contributed by atoms with Crippen molar-refractivity contribution in [3.8, 4) is 17.4 Å². The van der Waals surface area contributed by atoms with Gasteiger partial charge in [0, 0.05) is 24.9 Å². The molecule has 154 valence electrons. The van der Waals surface area contributed by atoms with Gasteiger partial charge in [-0.2, -0.15) is 0 Å². The first kappa shape index (κ1) is 20.6. The minimum atomic E-state index is -0.174. The second-order valence-electron chi connectivity index (χ2n) is 7.21. The average molecular weight is 397 g/mol. The van der Waals surface area contributed by atoms with Gasteiger partial charge in [-0.05, 0) is 43.5 Å². The predicted molar refractivity (Wildman–Crippen MR) is 110 cm³/mol. The van der Waals surface area contributed by atoms with E-state index in [1.807, 2.05) is 25.1 Å². The summed E-state index contributed by atoms with van der Waals surface area (Å²) in [6.45, 7) is 2.31. The van der Waals surface area contributed by atoms with E-state index in [9.17, 15) is 9.59 Å². The van der Waals surface area contributed by atoms with Gasteiger partial charge in [0.2, 0.25) is 17.7 Å². The van der Waals surface area contributed by atoms with Gasteiger partial charge in [-0.1, -0.05) is 18.9 Å². The molecule has 7 heteroatoms. The number of carbonyl (C=O) groups is 2. The fraction of sp³-hybridized carbons (Fsp3) is 0.409. The van der Waals surface area contributed by atoms with Crippen LogP contribution in [0.15, 0.2) is 36.5 Å². The highest BCUT2D eigenvalue weighted by molar-refractivity contribution is 5.91. The van der Waals surface area contributed by atoms with Gasteiger partial charge in [-0.15, -0.1) is 0 Å². The van der Waals surface area contributed by atoms with Crippen molar-refractivity contribution in [3.05, 3.63) is 42.1 Å². The van der Waals surface area contributed by atoms with Crippen molar-refractivity contribution >= 4 is 17.5 Å². The second-order valence-corrected chi connectivity index (χ2v) is 7.21. The summed E-state index contributed by atoms with van der Waals surface area (Å²) < 4.78 is 11.1. The Morgan fingerprint density at radius 3 is 2.62 bits per heavy atom. The fourth-order valence-corrected chi connectivity index (χ4v) is 3.34. The Bertz CT molecular complexity index is 846. The molecule has 2 N–H and O–H groups in total. The van der Waals surface area contributed by atoms with Crippen molar-refractivity contribution in [2.45, 2.75) is 39.0 Å². The van der Waals surface area contributed by atoms with Crippen molar-refractivity contribution in [3.63, 3.8) is 0 Å². The third-order valence-corrected chi connectivity index (χ3v) is 4.93. The lowest BCUT2D eigenvalue weighted by atomic mass is 10.1. The van der Waals surface area contributed by atoms with Crippen LogP contribution < -0.4 is 20.1 Å². The number of hydrogen-bond donors (Lipinski definition) is 2. The zero-order valence-corrected chi connectivity index (χ0v) is 16.9.